The van der Waals surface area contributed by atoms with Crippen LogP contribution in [0, 0.1) is 10.1 Å². The molecule has 1 rings (SSSR count). The summed E-state index contributed by atoms with van der Waals surface area (Å²) in [6, 6.07) is 0. The molecular weight excluding hydrogens is 154 g/mol. The van der Waals surface area contributed by atoms with Crippen LogP contribution in [0.4, 0.5) is 5.95 Å². The van der Waals surface area contributed by atoms with Gasteiger partial charge >= 0.3 is 5.95 Å². The van der Waals surface area contributed by atoms with E-state index >= 15 is 0 Å². The van der Waals surface area contributed by atoms with Crippen LogP contribution in [-0.4, -0.2) is 26.5 Å². The molecule has 11 heavy (non-hydrogen) atoms. The number of nitrogens with one attached hydrogen (secondary N) is 1. The lowest BCUT2D eigenvalue weighted by Gasteiger charge is -1.83. The lowest BCUT2D eigenvalue weighted by molar-refractivity contribution is -0.393. The molecule has 1 aromatic rings. The molecule has 0 bridgehead atoms. The second-order valence-electron chi connectivity index (χ2n) is 1.28. The second kappa shape index (κ2) is 4.91. The summed E-state index contributed by atoms with van der Waals surface area (Å²) in [4.78, 5) is 23.2. The minimum Gasteiger partial charge on any atom is -0.483 e. The van der Waals surface area contributed by atoms with Crippen molar-refractivity contribution in [3.63, 3.8) is 0 Å². The number of carboxylic acid groups (broad SMARTS) is 1. The third kappa shape index (κ3) is 3.62. The number of imidazole rings is 1. The van der Waals surface area contributed by atoms with Crippen molar-refractivity contribution in [3.05, 3.63) is 22.5 Å². The molecule has 0 atom stereocenters. The number of aromatic nitrogens is 2. The van der Waals surface area contributed by atoms with E-state index in [-0.39, 0.29) is 12.4 Å². The molecule has 1 heterocycles. The summed E-state index contributed by atoms with van der Waals surface area (Å²) in [7, 11) is 0. The third-order valence-corrected chi connectivity index (χ3v) is 0.657. The summed E-state index contributed by atoms with van der Waals surface area (Å²) in [5.41, 5.74) is 0. The van der Waals surface area contributed by atoms with Crippen LogP contribution in [0.15, 0.2) is 12.4 Å². The Labute approximate surface area is 60.8 Å². The van der Waals surface area contributed by atoms with Crippen LogP contribution >= 0.6 is 0 Å². The van der Waals surface area contributed by atoms with Gasteiger partial charge in [-0.2, -0.15) is 0 Å². The van der Waals surface area contributed by atoms with Gasteiger partial charge < -0.3 is 15.2 Å². The summed E-state index contributed by atoms with van der Waals surface area (Å²) in [5.74, 6) is -0.218. The number of H-pyrrole nitrogens is 1. The first kappa shape index (κ1) is 9.08. The average Bonchev–Trinajstić information content (AvgIpc) is 2.38. The first-order chi connectivity index (χ1) is 5.22. The maximum atomic E-state index is 9.77. The van der Waals surface area contributed by atoms with Crippen LogP contribution in [0.2, 0.25) is 0 Å². The lowest BCUT2D eigenvalue weighted by Crippen LogP contribution is -1.88. The summed E-state index contributed by atoms with van der Waals surface area (Å²) >= 11 is 0. The largest absolute Gasteiger partial charge is 0.483 e. The Balaban J connectivity index is 0.000000292. The Morgan fingerprint density at radius 3 is 2.55 bits per heavy atom. The molecule has 0 spiro atoms. The fourth-order valence-corrected chi connectivity index (χ4v) is 0.357. The predicted octanol–water partition coefficient (Wildman–Crippen LogP) is 0.0187. The van der Waals surface area contributed by atoms with Gasteiger partial charge in [-0.15, -0.1) is 0 Å². The monoisotopic (exact) mass is 159 g/mol. The van der Waals surface area contributed by atoms with Gasteiger partial charge in [0, 0.05) is 0 Å². The van der Waals surface area contributed by atoms with Gasteiger partial charge in [0.1, 0.15) is 6.20 Å². The molecule has 0 saturated heterocycles. The molecule has 1 aromatic heterocycles. The summed E-state index contributed by atoms with van der Waals surface area (Å²) in [6.45, 7) is -0.250. The van der Waals surface area contributed by atoms with E-state index in [2.05, 4.69) is 9.97 Å². The van der Waals surface area contributed by atoms with Gasteiger partial charge in [0.05, 0.1) is 6.20 Å². The Bertz CT molecular complexity index is 219. The minimum absolute atomic E-state index is 0.218. The zero-order chi connectivity index (χ0) is 8.69. The van der Waals surface area contributed by atoms with E-state index in [4.69, 9.17) is 9.90 Å². The van der Waals surface area contributed by atoms with Crippen LogP contribution in [-0.2, 0) is 4.79 Å². The quantitative estimate of drug-likeness (QED) is 0.341. The van der Waals surface area contributed by atoms with Crippen LogP contribution in [0.1, 0.15) is 0 Å². The molecule has 0 unspecified atom stereocenters. The Hall–Kier alpha value is -1.92. The van der Waals surface area contributed by atoms with E-state index in [0.717, 1.165) is 0 Å². The van der Waals surface area contributed by atoms with Gasteiger partial charge in [-0.3, -0.25) is 4.79 Å². The molecule has 0 saturated carbocycles. The number of hydrogen-bond donors (Lipinski definition) is 2. The van der Waals surface area contributed by atoms with Crippen molar-refractivity contribution in [2.45, 2.75) is 0 Å². The number of aromatic amines is 1. The highest BCUT2D eigenvalue weighted by molar-refractivity contribution is 5.32. The number of nitrogens with zero attached hydrogens (tertiary/aromatic N) is 2. The van der Waals surface area contributed by atoms with E-state index in [1.807, 2.05) is 0 Å². The van der Waals surface area contributed by atoms with Crippen LogP contribution in [0.25, 0.3) is 0 Å². The van der Waals surface area contributed by atoms with Crippen molar-refractivity contribution in [2.75, 3.05) is 0 Å². The van der Waals surface area contributed by atoms with E-state index in [9.17, 15) is 10.1 Å². The van der Waals surface area contributed by atoms with Crippen molar-refractivity contribution >= 4 is 12.4 Å². The van der Waals surface area contributed by atoms with Gasteiger partial charge in [0.25, 0.3) is 6.47 Å². The number of carbonyl (C=O) groups is 1. The fourth-order valence-electron chi connectivity index (χ4n) is 0.357. The Morgan fingerprint density at radius 2 is 2.36 bits per heavy atom. The maximum Gasteiger partial charge on any atom is 0.432 e. The second-order valence-corrected chi connectivity index (χ2v) is 1.28. The SMILES string of the molecule is O=CO.O=[N+]([O-])c1ncc[nH]1. The number of hydrogen-bond acceptors (Lipinski definition) is 4. The number of rotatable bonds is 1. The van der Waals surface area contributed by atoms with Crippen LogP contribution < -0.4 is 0 Å². The zero-order valence-electron chi connectivity index (χ0n) is 5.30. The van der Waals surface area contributed by atoms with Crippen molar-refractivity contribution in [3.8, 4) is 0 Å². The van der Waals surface area contributed by atoms with Gasteiger partial charge in [-0.1, -0.05) is 4.98 Å². The van der Waals surface area contributed by atoms with Crippen molar-refractivity contribution in [1.29, 1.82) is 0 Å². The molecule has 0 aromatic carbocycles. The van der Waals surface area contributed by atoms with Gasteiger partial charge in [-0.25, -0.2) is 4.98 Å². The van der Waals surface area contributed by atoms with Gasteiger partial charge in [0.15, 0.2) is 0 Å². The molecular formula is C4H5N3O4. The summed E-state index contributed by atoms with van der Waals surface area (Å²) in [5, 5.41) is 16.7. The molecule has 0 aliphatic carbocycles. The number of nitro groups is 1. The standard InChI is InChI=1S/C3H3N3O2.CH2O2/c7-6(8)3-4-1-2-5-3;2-1-3/h1-2H,(H,4,5);1H,(H,2,3). The smallest absolute Gasteiger partial charge is 0.432 e. The highest BCUT2D eigenvalue weighted by atomic mass is 16.6. The van der Waals surface area contributed by atoms with Gasteiger partial charge in [0.2, 0.25) is 0 Å². The molecule has 7 heteroatoms. The normalized spacial score (nSPS) is 7.64. The first-order valence-electron chi connectivity index (χ1n) is 2.44. The molecule has 7 nitrogen and oxygen atoms in total. The van der Waals surface area contributed by atoms with E-state index < -0.39 is 4.92 Å². The maximum absolute atomic E-state index is 9.77. The molecule has 60 valence electrons. The van der Waals surface area contributed by atoms with Crippen LogP contribution in [0.5, 0.6) is 0 Å². The van der Waals surface area contributed by atoms with Crippen molar-refractivity contribution < 1.29 is 14.8 Å². The molecule has 2 N–H and O–H groups in total. The first-order valence-corrected chi connectivity index (χ1v) is 2.44. The van der Waals surface area contributed by atoms with Crippen molar-refractivity contribution in [1.82, 2.24) is 9.97 Å². The summed E-state index contributed by atoms with van der Waals surface area (Å²) in [6.07, 6.45) is 2.73. The lowest BCUT2D eigenvalue weighted by atomic mass is 11.0. The highest BCUT2D eigenvalue weighted by Crippen LogP contribution is 1.96. The zero-order valence-corrected chi connectivity index (χ0v) is 5.30. The molecule has 0 fully saturated rings. The highest BCUT2D eigenvalue weighted by Gasteiger charge is 2.01. The predicted molar refractivity (Wildman–Crippen MR) is 33.9 cm³/mol. The molecule has 0 radical (unpaired) electrons. The van der Waals surface area contributed by atoms with E-state index in [1.165, 1.54) is 12.4 Å². The molecule has 0 amide bonds. The molecule has 0 aliphatic heterocycles. The summed E-state index contributed by atoms with van der Waals surface area (Å²) < 4.78 is 0. The minimum atomic E-state index is -0.583. The molecule has 0 aliphatic rings. The Morgan fingerprint density at radius 1 is 1.82 bits per heavy atom. The van der Waals surface area contributed by atoms with Gasteiger partial charge in [-0.05, 0) is 4.92 Å². The van der Waals surface area contributed by atoms with Crippen LogP contribution in [0.3, 0.4) is 0 Å². The van der Waals surface area contributed by atoms with E-state index in [0.29, 0.717) is 0 Å². The third-order valence-electron chi connectivity index (χ3n) is 0.657. The van der Waals surface area contributed by atoms with Crippen molar-refractivity contribution in [2.24, 2.45) is 0 Å². The Kier molecular flexibility index (Phi) is 4.06. The van der Waals surface area contributed by atoms with E-state index in [1.54, 1.807) is 0 Å². The fraction of sp³-hybridized carbons (Fsp3) is 0. The topological polar surface area (TPSA) is 109 Å². The average molecular weight is 159 g/mol.